The van der Waals surface area contributed by atoms with E-state index in [-0.39, 0.29) is 24.3 Å². The molecule has 0 radical (unpaired) electrons. The molecule has 1 aromatic carbocycles. The first-order valence-corrected chi connectivity index (χ1v) is 9.53. The third-order valence-corrected chi connectivity index (χ3v) is 5.74. The van der Waals surface area contributed by atoms with Crippen LogP contribution in [0.1, 0.15) is 25.7 Å². The monoisotopic (exact) mass is 358 g/mol. The van der Waals surface area contributed by atoms with E-state index in [4.69, 9.17) is 9.47 Å². The van der Waals surface area contributed by atoms with Crippen molar-refractivity contribution in [1.82, 2.24) is 4.90 Å². The van der Waals surface area contributed by atoms with Crippen LogP contribution in [-0.4, -0.2) is 61.8 Å². The van der Waals surface area contributed by atoms with Crippen molar-refractivity contribution in [2.24, 2.45) is 5.92 Å². The van der Waals surface area contributed by atoms with Crippen molar-refractivity contribution in [3.63, 3.8) is 0 Å². The molecule has 4 rings (SSSR count). The van der Waals surface area contributed by atoms with Gasteiger partial charge in [-0.25, -0.2) is 0 Å². The lowest BCUT2D eigenvalue weighted by atomic mass is 9.88. The summed E-state index contributed by atoms with van der Waals surface area (Å²) in [5.41, 5.74) is 0.441. The first kappa shape index (κ1) is 17.5. The molecule has 3 heterocycles. The summed E-state index contributed by atoms with van der Waals surface area (Å²) in [6.45, 7) is 3.27. The number of hydrogen-bond acceptors (Lipinski definition) is 4. The highest BCUT2D eigenvalue weighted by Gasteiger charge is 2.45. The molecule has 2 amide bonds. The SMILES string of the molecule is O=C(C1CCOCC1)N1CCCC2(C1)CN(c1ccccc1)C(=O)CO2. The number of anilines is 1. The molecule has 0 N–H and O–H groups in total. The highest BCUT2D eigenvalue weighted by Crippen LogP contribution is 2.33. The van der Waals surface area contributed by atoms with Gasteiger partial charge in [-0.15, -0.1) is 0 Å². The molecule has 0 aliphatic carbocycles. The molecule has 26 heavy (non-hydrogen) atoms. The van der Waals surface area contributed by atoms with Gasteiger partial charge in [0.05, 0.1) is 13.1 Å². The topological polar surface area (TPSA) is 59.1 Å². The zero-order chi connectivity index (χ0) is 18.0. The van der Waals surface area contributed by atoms with Gasteiger partial charge >= 0.3 is 0 Å². The normalized spacial score (nSPS) is 27.8. The summed E-state index contributed by atoms with van der Waals surface area (Å²) >= 11 is 0. The Labute approximate surface area is 154 Å². The summed E-state index contributed by atoms with van der Waals surface area (Å²) in [7, 11) is 0. The van der Waals surface area contributed by atoms with Crippen molar-refractivity contribution in [1.29, 1.82) is 0 Å². The van der Waals surface area contributed by atoms with E-state index in [1.807, 2.05) is 40.1 Å². The zero-order valence-electron chi connectivity index (χ0n) is 15.1. The van der Waals surface area contributed by atoms with Gasteiger partial charge in [0, 0.05) is 31.4 Å². The first-order chi connectivity index (χ1) is 12.7. The van der Waals surface area contributed by atoms with Crippen LogP contribution in [0.5, 0.6) is 0 Å². The third-order valence-electron chi connectivity index (χ3n) is 5.74. The number of rotatable bonds is 2. The minimum atomic E-state index is -0.456. The molecule has 0 saturated carbocycles. The maximum absolute atomic E-state index is 12.9. The molecule has 6 nitrogen and oxygen atoms in total. The Morgan fingerprint density at radius 3 is 2.65 bits per heavy atom. The summed E-state index contributed by atoms with van der Waals surface area (Å²) < 4.78 is 11.4. The second kappa shape index (κ2) is 7.37. The molecule has 1 aromatic rings. The molecular weight excluding hydrogens is 332 g/mol. The fraction of sp³-hybridized carbons (Fsp3) is 0.600. The summed E-state index contributed by atoms with van der Waals surface area (Å²) in [6, 6.07) is 9.72. The molecule has 6 heteroatoms. The minimum Gasteiger partial charge on any atom is -0.381 e. The van der Waals surface area contributed by atoms with Crippen LogP contribution >= 0.6 is 0 Å². The number of benzene rings is 1. The Morgan fingerprint density at radius 2 is 1.88 bits per heavy atom. The van der Waals surface area contributed by atoms with Crippen LogP contribution in [0, 0.1) is 5.92 Å². The fourth-order valence-corrected chi connectivity index (χ4v) is 4.29. The minimum absolute atomic E-state index is 0.0188. The lowest BCUT2D eigenvalue weighted by Gasteiger charge is -2.48. The lowest BCUT2D eigenvalue weighted by Crippen LogP contribution is -2.62. The average molecular weight is 358 g/mol. The smallest absolute Gasteiger partial charge is 0.253 e. The van der Waals surface area contributed by atoms with Crippen LogP contribution in [0.15, 0.2) is 30.3 Å². The number of piperidine rings is 1. The van der Waals surface area contributed by atoms with E-state index < -0.39 is 5.60 Å². The number of likely N-dealkylation sites (tertiary alicyclic amines) is 1. The standard InChI is InChI=1S/C20H26N2O4/c23-18-13-26-20(15-22(18)17-5-2-1-3-6-17)9-4-10-21(14-20)19(24)16-7-11-25-12-8-16/h1-3,5-6,16H,4,7-15H2. The fourth-order valence-electron chi connectivity index (χ4n) is 4.29. The number of carbonyl (C=O) groups is 2. The van der Waals surface area contributed by atoms with E-state index in [9.17, 15) is 9.59 Å². The second-order valence-electron chi connectivity index (χ2n) is 7.54. The first-order valence-electron chi connectivity index (χ1n) is 9.53. The van der Waals surface area contributed by atoms with Crippen LogP contribution in [0.3, 0.4) is 0 Å². The van der Waals surface area contributed by atoms with Gasteiger partial charge in [-0.2, -0.15) is 0 Å². The number of nitrogens with zero attached hydrogens (tertiary/aromatic N) is 2. The Bertz CT molecular complexity index is 659. The molecule has 3 saturated heterocycles. The number of ether oxygens (including phenoxy) is 2. The van der Waals surface area contributed by atoms with E-state index >= 15 is 0 Å². The molecule has 0 aromatic heterocycles. The van der Waals surface area contributed by atoms with E-state index in [2.05, 4.69) is 0 Å². The molecule has 1 unspecified atom stereocenters. The summed E-state index contributed by atoms with van der Waals surface area (Å²) in [6.07, 6.45) is 3.39. The second-order valence-corrected chi connectivity index (χ2v) is 7.54. The van der Waals surface area contributed by atoms with Gasteiger partial charge in [-0.3, -0.25) is 9.59 Å². The largest absolute Gasteiger partial charge is 0.381 e. The maximum atomic E-state index is 12.9. The summed E-state index contributed by atoms with van der Waals surface area (Å²) in [4.78, 5) is 29.1. The van der Waals surface area contributed by atoms with Crippen molar-refractivity contribution in [3.8, 4) is 0 Å². The van der Waals surface area contributed by atoms with Crippen molar-refractivity contribution < 1.29 is 19.1 Å². The summed E-state index contributed by atoms with van der Waals surface area (Å²) in [5, 5.41) is 0. The number of amides is 2. The predicted molar refractivity (Wildman–Crippen MR) is 96.8 cm³/mol. The van der Waals surface area contributed by atoms with Crippen LogP contribution in [0.2, 0.25) is 0 Å². The number of hydrogen-bond donors (Lipinski definition) is 0. The molecule has 3 aliphatic heterocycles. The Hall–Kier alpha value is -1.92. The van der Waals surface area contributed by atoms with Crippen molar-refractivity contribution >= 4 is 17.5 Å². The van der Waals surface area contributed by atoms with E-state index in [1.165, 1.54) is 0 Å². The van der Waals surface area contributed by atoms with Crippen LogP contribution < -0.4 is 4.90 Å². The van der Waals surface area contributed by atoms with Crippen LogP contribution in [0.25, 0.3) is 0 Å². The van der Waals surface area contributed by atoms with Gasteiger partial charge < -0.3 is 19.3 Å². The van der Waals surface area contributed by atoms with E-state index in [0.717, 1.165) is 37.9 Å². The average Bonchev–Trinajstić information content (AvgIpc) is 2.71. The van der Waals surface area contributed by atoms with Crippen molar-refractivity contribution in [2.45, 2.75) is 31.3 Å². The lowest BCUT2D eigenvalue weighted by molar-refractivity contribution is -0.157. The van der Waals surface area contributed by atoms with Crippen molar-refractivity contribution in [3.05, 3.63) is 30.3 Å². The Kier molecular flexibility index (Phi) is 4.96. The number of morpholine rings is 1. The highest BCUT2D eigenvalue weighted by atomic mass is 16.5. The maximum Gasteiger partial charge on any atom is 0.253 e. The molecular formula is C20H26N2O4. The van der Waals surface area contributed by atoms with Gasteiger partial charge in [-0.1, -0.05) is 18.2 Å². The molecule has 140 valence electrons. The molecule has 1 spiro atoms. The highest BCUT2D eigenvalue weighted by molar-refractivity contribution is 5.95. The van der Waals surface area contributed by atoms with Gasteiger partial charge in [0.2, 0.25) is 5.91 Å². The van der Waals surface area contributed by atoms with Gasteiger partial charge in [0.1, 0.15) is 12.2 Å². The number of carbonyl (C=O) groups excluding carboxylic acids is 2. The van der Waals surface area contributed by atoms with Gasteiger partial charge in [-0.05, 0) is 37.8 Å². The van der Waals surface area contributed by atoms with Crippen LogP contribution in [0.4, 0.5) is 5.69 Å². The van der Waals surface area contributed by atoms with Gasteiger partial charge in [0.25, 0.3) is 5.91 Å². The molecule has 3 aliphatic rings. The molecule has 3 fully saturated rings. The number of para-hydroxylation sites is 1. The van der Waals surface area contributed by atoms with Crippen molar-refractivity contribution in [2.75, 3.05) is 44.4 Å². The third kappa shape index (κ3) is 3.48. The molecule has 1 atom stereocenters. The quantitative estimate of drug-likeness (QED) is 0.809. The van der Waals surface area contributed by atoms with E-state index in [0.29, 0.717) is 26.3 Å². The Balaban J connectivity index is 1.48. The summed E-state index contributed by atoms with van der Waals surface area (Å²) in [5.74, 6) is 0.267. The molecule has 0 bridgehead atoms. The Morgan fingerprint density at radius 1 is 1.12 bits per heavy atom. The van der Waals surface area contributed by atoms with Crippen LogP contribution in [-0.2, 0) is 19.1 Å². The zero-order valence-corrected chi connectivity index (χ0v) is 15.1. The predicted octanol–water partition coefficient (Wildman–Crippen LogP) is 1.84. The van der Waals surface area contributed by atoms with Gasteiger partial charge in [0.15, 0.2) is 0 Å². The van der Waals surface area contributed by atoms with E-state index in [1.54, 1.807) is 0 Å².